The van der Waals surface area contributed by atoms with Crippen molar-refractivity contribution in [2.75, 3.05) is 13.2 Å². The topological polar surface area (TPSA) is 26.2 Å². The lowest BCUT2D eigenvalue weighted by Crippen LogP contribution is -2.17. The Hall–Kier alpha value is -1.32. The number of hydrogen-bond donors (Lipinski definition) is 1. The molecule has 0 bridgehead atoms. The van der Waals surface area contributed by atoms with Gasteiger partial charge in [0.2, 0.25) is 0 Å². The largest absolute Gasteiger partial charge is 0.379 e. The molecule has 0 aliphatic rings. The highest BCUT2D eigenvalue weighted by Gasteiger charge is 2.04. The second kappa shape index (κ2) is 6.73. The zero-order valence-electron chi connectivity index (χ0n) is 12.1. The third-order valence-corrected chi connectivity index (χ3v) is 3.24. The summed E-state index contributed by atoms with van der Waals surface area (Å²) in [5, 5.41) is 4.83. The quantitative estimate of drug-likeness (QED) is 0.774. The highest BCUT2D eigenvalue weighted by atomic mass is 16.5. The summed E-state index contributed by atoms with van der Waals surface area (Å²) in [6.45, 7) is 6.90. The number of aryl methyl sites for hydroxylation is 1. The van der Waals surface area contributed by atoms with Crippen LogP contribution in [-0.4, -0.2) is 23.8 Å². The maximum Gasteiger partial charge on any atom is 0.0518 e. The van der Waals surface area contributed by atoms with E-state index in [0.29, 0.717) is 6.10 Å². The van der Waals surface area contributed by atoms with Crippen molar-refractivity contribution in [3.63, 3.8) is 0 Å². The fourth-order valence-electron chi connectivity index (χ4n) is 2.31. The van der Waals surface area contributed by atoms with E-state index in [0.717, 1.165) is 26.1 Å². The van der Waals surface area contributed by atoms with Crippen LogP contribution in [0.1, 0.15) is 25.8 Å². The second-order valence-electron chi connectivity index (χ2n) is 5.23. The van der Waals surface area contributed by atoms with Crippen LogP contribution < -0.4 is 5.32 Å². The van der Waals surface area contributed by atoms with Crippen LogP contribution in [0.4, 0.5) is 0 Å². The lowest BCUT2D eigenvalue weighted by atomic mass is 10.2. The number of fused-ring (bicyclic) bond motifs is 1. The van der Waals surface area contributed by atoms with Crippen LogP contribution in [0, 0.1) is 0 Å². The number of hydrogen-bond acceptors (Lipinski definition) is 2. The highest BCUT2D eigenvalue weighted by molar-refractivity contribution is 5.83. The smallest absolute Gasteiger partial charge is 0.0518 e. The number of nitrogens with one attached hydrogen (secondary N) is 1. The van der Waals surface area contributed by atoms with Crippen LogP contribution in [0.5, 0.6) is 0 Å². The number of para-hydroxylation sites is 1. The van der Waals surface area contributed by atoms with E-state index < -0.39 is 0 Å². The average Bonchev–Trinajstić information content (AvgIpc) is 2.71. The monoisotopic (exact) mass is 260 g/mol. The molecule has 0 unspecified atom stereocenters. The Kier molecular flexibility index (Phi) is 5.00. The van der Waals surface area contributed by atoms with Gasteiger partial charge in [0.1, 0.15) is 0 Å². The fourth-order valence-corrected chi connectivity index (χ4v) is 2.31. The minimum Gasteiger partial charge on any atom is -0.379 e. The van der Waals surface area contributed by atoms with Crippen molar-refractivity contribution in [3.8, 4) is 0 Å². The predicted molar refractivity (Wildman–Crippen MR) is 80.3 cm³/mol. The van der Waals surface area contributed by atoms with Crippen molar-refractivity contribution in [1.82, 2.24) is 9.88 Å². The van der Waals surface area contributed by atoms with Crippen LogP contribution in [0.2, 0.25) is 0 Å². The molecule has 0 amide bonds. The van der Waals surface area contributed by atoms with E-state index >= 15 is 0 Å². The standard InChI is InChI=1S/C16H24N2O/c1-13(2)19-10-6-9-17-11-14-12-18(3)16-8-5-4-7-15(14)16/h4-5,7-8,12-13,17H,6,9-11H2,1-3H3. The first-order chi connectivity index (χ1) is 9.18. The zero-order chi connectivity index (χ0) is 13.7. The Morgan fingerprint density at radius 1 is 1.26 bits per heavy atom. The third-order valence-electron chi connectivity index (χ3n) is 3.24. The van der Waals surface area contributed by atoms with Gasteiger partial charge in [-0.1, -0.05) is 18.2 Å². The van der Waals surface area contributed by atoms with Crippen molar-refractivity contribution in [1.29, 1.82) is 0 Å². The molecule has 3 heteroatoms. The van der Waals surface area contributed by atoms with Crippen molar-refractivity contribution >= 4 is 10.9 Å². The highest BCUT2D eigenvalue weighted by Crippen LogP contribution is 2.19. The minimum atomic E-state index is 0.332. The molecular formula is C16H24N2O. The Morgan fingerprint density at radius 2 is 2.05 bits per heavy atom. The summed E-state index contributed by atoms with van der Waals surface area (Å²) < 4.78 is 7.71. The van der Waals surface area contributed by atoms with Crippen molar-refractivity contribution in [2.24, 2.45) is 7.05 Å². The van der Waals surface area contributed by atoms with Crippen molar-refractivity contribution < 1.29 is 4.74 Å². The lowest BCUT2D eigenvalue weighted by molar-refractivity contribution is 0.0770. The molecule has 0 fully saturated rings. The molecule has 0 radical (unpaired) electrons. The van der Waals surface area contributed by atoms with Gasteiger partial charge in [0.05, 0.1) is 6.10 Å². The number of ether oxygens (including phenoxy) is 1. The SMILES string of the molecule is CC(C)OCCCNCc1cn(C)c2ccccc12. The van der Waals surface area contributed by atoms with E-state index in [1.165, 1.54) is 16.5 Å². The van der Waals surface area contributed by atoms with Gasteiger partial charge in [-0.05, 0) is 38.4 Å². The Labute approximate surface area is 115 Å². The van der Waals surface area contributed by atoms with E-state index in [9.17, 15) is 0 Å². The molecule has 1 N–H and O–H groups in total. The van der Waals surface area contributed by atoms with Crippen LogP contribution in [0.15, 0.2) is 30.5 Å². The number of aromatic nitrogens is 1. The van der Waals surface area contributed by atoms with Gasteiger partial charge in [-0.2, -0.15) is 0 Å². The van der Waals surface area contributed by atoms with Gasteiger partial charge in [0, 0.05) is 37.3 Å². The van der Waals surface area contributed by atoms with Gasteiger partial charge in [-0.3, -0.25) is 0 Å². The van der Waals surface area contributed by atoms with Crippen LogP contribution >= 0.6 is 0 Å². The maximum atomic E-state index is 5.52. The maximum absolute atomic E-state index is 5.52. The first-order valence-electron chi connectivity index (χ1n) is 7.03. The molecule has 2 aromatic rings. The predicted octanol–water partition coefficient (Wildman–Crippen LogP) is 3.08. The molecule has 2 rings (SSSR count). The van der Waals surface area contributed by atoms with Crippen LogP contribution in [0.3, 0.4) is 0 Å². The summed E-state index contributed by atoms with van der Waals surface area (Å²) in [6.07, 6.45) is 3.60. The molecule has 0 saturated carbocycles. The molecule has 0 spiro atoms. The molecule has 1 aromatic carbocycles. The summed E-state index contributed by atoms with van der Waals surface area (Å²) in [5.74, 6) is 0. The molecule has 3 nitrogen and oxygen atoms in total. The van der Waals surface area contributed by atoms with Crippen molar-refractivity contribution in [3.05, 3.63) is 36.0 Å². The summed E-state index contributed by atoms with van der Waals surface area (Å²) in [6, 6.07) is 8.54. The van der Waals surface area contributed by atoms with E-state index in [2.05, 4.69) is 61.2 Å². The number of benzene rings is 1. The normalized spacial score (nSPS) is 11.6. The van der Waals surface area contributed by atoms with E-state index in [-0.39, 0.29) is 0 Å². The molecular weight excluding hydrogens is 236 g/mol. The fraction of sp³-hybridized carbons (Fsp3) is 0.500. The third kappa shape index (κ3) is 3.82. The summed E-state index contributed by atoms with van der Waals surface area (Å²) in [7, 11) is 2.10. The number of rotatable bonds is 7. The molecule has 0 saturated heterocycles. The Balaban J connectivity index is 1.82. The van der Waals surface area contributed by atoms with Gasteiger partial charge in [0.25, 0.3) is 0 Å². The molecule has 0 atom stereocenters. The number of nitrogens with zero attached hydrogens (tertiary/aromatic N) is 1. The first-order valence-corrected chi connectivity index (χ1v) is 7.03. The summed E-state index contributed by atoms with van der Waals surface area (Å²) in [5.41, 5.74) is 2.66. The van der Waals surface area contributed by atoms with Gasteiger partial charge in [-0.15, -0.1) is 0 Å². The molecule has 1 heterocycles. The Bertz CT molecular complexity index is 516. The average molecular weight is 260 g/mol. The second-order valence-corrected chi connectivity index (χ2v) is 5.23. The van der Waals surface area contributed by atoms with Gasteiger partial charge in [0.15, 0.2) is 0 Å². The molecule has 0 aliphatic carbocycles. The molecule has 104 valence electrons. The van der Waals surface area contributed by atoms with E-state index in [1.807, 2.05) is 0 Å². The summed E-state index contributed by atoms with van der Waals surface area (Å²) >= 11 is 0. The van der Waals surface area contributed by atoms with Crippen molar-refractivity contribution in [2.45, 2.75) is 32.9 Å². The van der Waals surface area contributed by atoms with Gasteiger partial charge >= 0.3 is 0 Å². The van der Waals surface area contributed by atoms with Crippen LogP contribution in [-0.2, 0) is 18.3 Å². The first kappa shape index (κ1) is 14.1. The molecule has 1 aromatic heterocycles. The Morgan fingerprint density at radius 3 is 2.84 bits per heavy atom. The van der Waals surface area contributed by atoms with Crippen LogP contribution in [0.25, 0.3) is 10.9 Å². The molecule has 19 heavy (non-hydrogen) atoms. The van der Waals surface area contributed by atoms with Gasteiger partial charge < -0.3 is 14.6 Å². The van der Waals surface area contributed by atoms with E-state index in [4.69, 9.17) is 4.74 Å². The minimum absolute atomic E-state index is 0.332. The zero-order valence-corrected chi connectivity index (χ0v) is 12.1. The van der Waals surface area contributed by atoms with Gasteiger partial charge in [-0.25, -0.2) is 0 Å². The molecule has 0 aliphatic heterocycles. The summed E-state index contributed by atoms with van der Waals surface area (Å²) in [4.78, 5) is 0. The van der Waals surface area contributed by atoms with E-state index in [1.54, 1.807) is 0 Å². The lowest BCUT2D eigenvalue weighted by Gasteiger charge is -2.07.